The number of benzene rings is 1. The Morgan fingerprint density at radius 2 is 1.84 bits per heavy atom. The highest BCUT2D eigenvalue weighted by atomic mass is 16.5. The Morgan fingerprint density at radius 1 is 1.11 bits per heavy atom. The Hall–Kier alpha value is -1.90. The van der Waals surface area contributed by atoms with Crippen molar-refractivity contribution < 1.29 is 9.15 Å². The van der Waals surface area contributed by atoms with Gasteiger partial charge in [0.2, 0.25) is 0 Å². The Kier molecular flexibility index (Phi) is 4.50. The maximum absolute atomic E-state index is 5.62. The van der Waals surface area contributed by atoms with Gasteiger partial charge in [0.25, 0.3) is 0 Å². The van der Waals surface area contributed by atoms with Crippen LogP contribution >= 0.6 is 0 Å². The molecule has 0 radical (unpaired) electrons. The van der Waals surface area contributed by atoms with Gasteiger partial charge in [0, 0.05) is 18.2 Å². The molecule has 0 fully saturated rings. The molecule has 1 unspecified atom stereocenters. The topological polar surface area (TPSA) is 34.4 Å². The molecule has 0 amide bonds. The molecule has 0 aliphatic rings. The molecule has 1 heterocycles. The van der Waals surface area contributed by atoms with Crippen molar-refractivity contribution >= 4 is 5.69 Å². The second kappa shape index (κ2) is 6.32. The third-order valence-corrected chi connectivity index (χ3v) is 2.73. The lowest BCUT2D eigenvalue weighted by Crippen LogP contribution is -2.17. The second-order valence-corrected chi connectivity index (χ2v) is 5.02. The minimum Gasteiger partial charge on any atom is -0.491 e. The average Bonchev–Trinajstić information content (AvgIpc) is 2.83. The highest BCUT2D eigenvalue weighted by molar-refractivity contribution is 5.47. The summed E-state index contributed by atoms with van der Waals surface area (Å²) in [6.45, 7) is 6.19. The zero-order chi connectivity index (χ0) is 13.7. The highest BCUT2D eigenvalue weighted by Crippen LogP contribution is 2.18. The normalized spacial score (nSPS) is 12.4. The minimum atomic E-state index is 0.205. The second-order valence-electron chi connectivity index (χ2n) is 5.02. The zero-order valence-corrected chi connectivity index (χ0v) is 11.7. The molecule has 0 saturated carbocycles. The van der Waals surface area contributed by atoms with E-state index in [1.54, 1.807) is 6.26 Å². The zero-order valence-electron chi connectivity index (χ0n) is 11.7. The molecule has 0 saturated heterocycles. The van der Waals surface area contributed by atoms with Crippen LogP contribution in [0.3, 0.4) is 0 Å². The van der Waals surface area contributed by atoms with Gasteiger partial charge in [-0.25, -0.2) is 0 Å². The summed E-state index contributed by atoms with van der Waals surface area (Å²) in [4.78, 5) is 0. The van der Waals surface area contributed by atoms with Crippen LogP contribution < -0.4 is 10.1 Å². The van der Waals surface area contributed by atoms with E-state index in [1.165, 1.54) is 0 Å². The van der Waals surface area contributed by atoms with Crippen LogP contribution in [0.2, 0.25) is 0 Å². The standard InChI is InChI=1S/C16H21NO2/c1-12(2)19-15-8-6-14(7-9-15)17-13(3)11-16-5-4-10-18-16/h4-10,12-13,17H,11H2,1-3H3. The predicted octanol–water partition coefficient (Wildman–Crippen LogP) is 4.11. The van der Waals surface area contributed by atoms with Crippen molar-refractivity contribution in [3.8, 4) is 5.75 Å². The van der Waals surface area contributed by atoms with Gasteiger partial charge in [-0.2, -0.15) is 0 Å². The van der Waals surface area contributed by atoms with Gasteiger partial charge in [-0.15, -0.1) is 0 Å². The molecule has 0 bridgehead atoms. The van der Waals surface area contributed by atoms with E-state index in [0.717, 1.165) is 23.6 Å². The quantitative estimate of drug-likeness (QED) is 0.847. The Morgan fingerprint density at radius 3 is 2.42 bits per heavy atom. The smallest absolute Gasteiger partial charge is 0.119 e. The van der Waals surface area contributed by atoms with Crippen LogP contribution in [-0.2, 0) is 6.42 Å². The maximum atomic E-state index is 5.62. The van der Waals surface area contributed by atoms with E-state index in [4.69, 9.17) is 9.15 Å². The fourth-order valence-corrected chi connectivity index (χ4v) is 1.97. The third kappa shape index (κ3) is 4.36. The van der Waals surface area contributed by atoms with E-state index < -0.39 is 0 Å². The van der Waals surface area contributed by atoms with Crippen molar-refractivity contribution in [1.82, 2.24) is 0 Å². The molecule has 1 N–H and O–H groups in total. The first kappa shape index (κ1) is 13.5. The summed E-state index contributed by atoms with van der Waals surface area (Å²) in [6, 6.07) is 12.3. The maximum Gasteiger partial charge on any atom is 0.119 e. The van der Waals surface area contributed by atoms with Gasteiger partial charge >= 0.3 is 0 Å². The molecular formula is C16H21NO2. The molecule has 1 aromatic carbocycles. The molecule has 0 aliphatic heterocycles. The van der Waals surface area contributed by atoms with E-state index in [2.05, 4.69) is 12.2 Å². The first-order chi connectivity index (χ1) is 9.13. The van der Waals surface area contributed by atoms with Crippen LogP contribution in [-0.4, -0.2) is 12.1 Å². The molecule has 1 atom stereocenters. The molecule has 3 nitrogen and oxygen atoms in total. The van der Waals surface area contributed by atoms with E-state index >= 15 is 0 Å². The molecule has 102 valence electrons. The molecule has 0 spiro atoms. The lowest BCUT2D eigenvalue weighted by Gasteiger charge is -2.15. The number of nitrogens with one attached hydrogen (secondary N) is 1. The molecule has 19 heavy (non-hydrogen) atoms. The number of hydrogen-bond donors (Lipinski definition) is 1. The van der Waals surface area contributed by atoms with Crippen molar-refractivity contribution in [3.05, 3.63) is 48.4 Å². The average molecular weight is 259 g/mol. The molecule has 3 heteroatoms. The highest BCUT2D eigenvalue weighted by Gasteiger charge is 2.06. The lowest BCUT2D eigenvalue weighted by atomic mass is 10.2. The third-order valence-electron chi connectivity index (χ3n) is 2.73. The van der Waals surface area contributed by atoms with Gasteiger partial charge in [-0.1, -0.05) is 0 Å². The molecule has 2 rings (SSSR count). The van der Waals surface area contributed by atoms with Gasteiger partial charge in [-0.3, -0.25) is 0 Å². The lowest BCUT2D eigenvalue weighted by molar-refractivity contribution is 0.242. The fourth-order valence-electron chi connectivity index (χ4n) is 1.97. The van der Waals surface area contributed by atoms with E-state index in [0.29, 0.717) is 6.04 Å². The van der Waals surface area contributed by atoms with E-state index in [1.807, 2.05) is 50.2 Å². The van der Waals surface area contributed by atoms with E-state index in [-0.39, 0.29) is 6.10 Å². The summed E-state index contributed by atoms with van der Waals surface area (Å²) >= 11 is 0. The summed E-state index contributed by atoms with van der Waals surface area (Å²) in [5.74, 6) is 1.90. The SMILES string of the molecule is CC(Cc1ccco1)Nc1ccc(OC(C)C)cc1. The van der Waals surface area contributed by atoms with Gasteiger partial charge in [-0.05, 0) is 57.2 Å². The summed E-state index contributed by atoms with van der Waals surface area (Å²) in [5.41, 5.74) is 1.09. The first-order valence-corrected chi connectivity index (χ1v) is 6.69. The number of furan rings is 1. The summed E-state index contributed by atoms with van der Waals surface area (Å²) in [7, 11) is 0. The van der Waals surface area contributed by atoms with E-state index in [9.17, 15) is 0 Å². The Bertz CT molecular complexity index is 474. The van der Waals surface area contributed by atoms with Crippen LogP contribution in [0.5, 0.6) is 5.75 Å². The number of ether oxygens (including phenoxy) is 1. The molecular weight excluding hydrogens is 238 g/mol. The fraction of sp³-hybridized carbons (Fsp3) is 0.375. The number of hydrogen-bond acceptors (Lipinski definition) is 3. The summed E-state index contributed by atoms with van der Waals surface area (Å²) in [6.07, 6.45) is 2.79. The van der Waals surface area contributed by atoms with Crippen LogP contribution in [0, 0.1) is 0 Å². The molecule has 2 aromatic rings. The van der Waals surface area contributed by atoms with Crippen molar-refractivity contribution in [2.24, 2.45) is 0 Å². The van der Waals surface area contributed by atoms with Crippen molar-refractivity contribution in [2.75, 3.05) is 5.32 Å². The number of rotatable bonds is 6. The predicted molar refractivity (Wildman–Crippen MR) is 77.7 cm³/mol. The summed E-state index contributed by atoms with van der Waals surface area (Å²) < 4.78 is 11.0. The Labute approximate surface area is 114 Å². The van der Waals surface area contributed by atoms with Crippen LogP contribution in [0.25, 0.3) is 0 Å². The van der Waals surface area contributed by atoms with Crippen LogP contribution in [0.1, 0.15) is 26.5 Å². The van der Waals surface area contributed by atoms with Crippen molar-refractivity contribution in [1.29, 1.82) is 0 Å². The molecule has 0 aliphatic carbocycles. The number of anilines is 1. The largest absolute Gasteiger partial charge is 0.491 e. The van der Waals surface area contributed by atoms with Crippen molar-refractivity contribution in [2.45, 2.75) is 39.3 Å². The van der Waals surface area contributed by atoms with Gasteiger partial charge < -0.3 is 14.5 Å². The first-order valence-electron chi connectivity index (χ1n) is 6.69. The van der Waals surface area contributed by atoms with Gasteiger partial charge in [0.15, 0.2) is 0 Å². The Balaban J connectivity index is 1.88. The van der Waals surface area contributed by atoms with Crippen LogP contribution in [0.4, 0.5) is 5.69 Å². The minimum absolute atomic E-state index is 0.205. The monoisotopic (exact) mass is 259 g/mol. The van der Waals surface area contributed by atoms with Gasteiger partial charge in [0.1, 0.15) is 11.5 Å². The summed E-state index contributed by atoms with van der Waals surface area (Å²) in [5, 5.41) is 3.45. The molecule has 1 aromatic heterocycles. The van der Waals surface area contributed by atoms with Gasteiger partial charge in [0.05, 0.1) is 12.4 Å². The van der Waals surface area contributed by atoms with Crippen molar-refractivity contribution in [3.63, 3.8) is 0 Å². The van der Waals surface area contributed by atoms with Crippen LogP contribution in [0.15, 0.2) is 47.1 Å².